The van der Waals surface area contributed by atoms with Crippen molar-refractivity contribution in [1.29, 1.82) is 0 Å². The number of hydrogen-bond acceptors (Lipinski definition) is 3. The van der Waals surface area contributed by atoms with Crippen LogP contribution in [0.3, 0.4) is 0 Å². The molecule has 0 aliphatic carbocycles. The Morgan fingerprint density at radius 2 is 2.04 bits per heavy atom. The summed E-state index contributed by atoms with van der Waals surface area (Å²) in [5, 5.41) is 8.99. The Morgan fingerprint density at radius 3 is 2.70 bits per heavy atom. The lowest BCUT2D eigenvalue weighted by atomic mass is 9.75. The van der Waals surface area contributed by atoms with Crippen molar-refractivity contribution < 1.29 is 19.1 Å². The third-order valence-corrected chi connectivity index (χ3v) is 4.78. The minimum Gasteiger partial charge on any atom is -0.493 e. The fourth-order valence-corrected chi connectivity index (χ4v) is 3.52. The van der Waals surface area contributed by atoms with E-state index >= 15 is 0 Å². The van der Waals surface area contributed by atoms with E-state index in [-0.39, 0.29) is 11.2 Å². The molecule has 0 saturated carbocycles. The largest absolute Gasteiger partial charge is 0.493 e. The molecule has 0 atom stereocenters. The van der Waals surface area contributed by atoms with E-state index in [1.165, 1.54) is 22.8 Å². The summed E-state index contributed by atoms with van der Waals surface area (Å²) in [6.07, 6.45) is 1.58. The fourth-order valence-electron chi connectivity index (χ4n) is 3.52. The topological polar surface area (TPSA) is 59.7 Å². The second-order valence-corrected chi connectivity index (χ2v) is 6.90. The van der Waals surface area contributed by atoms with Gasteiger partial charge in [-0.05, 0) is 60.6 Å². The SMILES string of the molecule is Cc1cc2c(c(C)c1Cc1ccc(C(=O)O)o1)C(C)(C)CCO2. The smallest absolute Gasteiger partial charge is 0.371 e. The number of furan rings is 1. The molecule has 3 rings (SSSR count). The molecule has 1 aliphatic heterocycles. The first-order valence-electron chi connectivity index (χ1n) is 7.88. The lowest BCUT2D eigenvalue weighted by Crippen LogP contribution is -2.28. The van der Waals surface area contributed by atoms with Crippen LogP contribution in [0.4, 0.5) is 0 Å². The van der Waals surface area contributed by atoms with Crippen LogP contribution in [0.15, 0.2) is 22.6 Å². The second kappa shape index (κ2) is 5.44. The molecule has 122 valence electrons. The van der Waals surface area contributed by atoms with Crippen LogP contribution < -0.4 is 4.74 Å². The minimum absolute atomic E-state index is 0.0167. The monoisotopic (exact) mass is 314 g/mol. The first kappa shape index (κ1) is 15.7. The quantitative estimate of drug-likeness (QED) is 0.920. The maximum Gasteiger partial charge on any atom is 0.371 e. The highest BCUT2D eigenvalue weighted by Crippen LogP contribution is 2.43. The van der Waals surface area contributed by atoms with E-state index in [0.29, 0.717) is 12.2 Å². The third-order valence-electron chi connectivity index (χ3n) is 4.78. The summed E-state index contributed by atoms with van der Waals surface area (Å²) >= 11 is 0. The number of carbonyl (C=O) groups is 1. The Hall–Kier alpha value is -2.23. The number of aromatic carboxylic acids is 1. The molecule has 0 unspecified atom stereocenters. The zero-order chi connectivity index (χ0) is 16.8. The molecule has 1 aromatic heterocycles. The van der Waals surface area contributed by atoms with Gasteiger partial charge in [-0.15, -0.1) is 0 Å². The molecule has 1 N–H and O–H groups in total. The van der Waals surface area contributed by atoms with Gasteiger partial charge in [-0.25, -0.2) is 4.79 Å². The maximum absolute atomic E-state index is 11.0. The Kier molecular flexibility index (Phi) is 3.71. The van der Waals surface area contributed by atoms with Crippen LogP contribution in [0.25, 0.3) is 0 Å². The van der Waals surface area contributed by atoms with Crippen molar-refractivity contribution in [1.82, 2.24) is 0 Å². The number of carboxylic acid groups (broad SMARTS) is 1. The minimum atomic E-state index is -1.04. The normalized spacial score (nSPS) is 15.8. The van der Waals surface area contributed by atoms with Crippen LogP contribution in [-0.2, 0) is 11.8 Å². The predicted octanol–water partition coefficient (Wildman–Crippen LogP) is 4.25. The molecular formula is C19H22O4. The summed E-state index contributed by atoms with van der Waals surface area (Å²) in [5.74, 6) is 0.593. The molecule has 1 aliphatic rings. The summed E-state index contributed by atoms with van der Waals surface area (Å²) in [4.78, 5) is 11.0. The molecule has 23 heavy (non-hydrogen) atoms. The number of hydrogen-bond donors (Lipinski definition) is 1. The Bertz CT molecular complexity index is 768. The van der Waals surface area contributed by atoms with Gasteiger partial charge in [0.2, 0.25) is 5.76 Å². The average molecular weight is 314 g/mol. The molecule has 0 amide bonds. The molecular weight excluding hydrogens is 292 g/mol. The number of fused-ring (bicyclic) bond motifs is 1. The zero-order valence-electron chi connectivity index (χ0n) is 14.0. The van der Waals surface area contributed by atoms with Crippen molar-refractivity contribution in [2.75, 3.05) is 6.61 Å². The van der Waals surface area contributed by atoms with E-state index in [1.807, 2.05) is 0 Å². The molecule has 0 fully saturated rings. The van der Waals surface area contributed by atoms with E-state index < -0.39 is 5.97 Å². The summed E-state index contributed by atoms with van der Waals surface area (Å²) < 4.78 is 11.3. The lowest BCUT2D eigenvalue weighted by molar-refractivity contribution is 0.0660. The maximum atomic E-state index is 11.0. The van der Waals surface area contributed by atoms with Gasteiger partial charge in [0.25, 0.3) is 0 Å². The van der Waals surface area contributed by atoms with E-state index in [0.717, 1.165) is 24.3 Å². The third kappa shape index (κ3) is 2.74. The molecule has 1 aromatic carbocycles. The van der Waals surface area contributed by atoms with Crippen LogP contribution in [-0.4, -0.2) is 17.7 Å². The van der Waals surface area contributed by atoms with Crippen LogP contribution in [0.2, 0.25) is 0 Å². The summed E-state index contributed by atoms with van der Waals surface area (Å²) in [7, 11) is 0. The van der Waals surface area contributed by atoms with Crippen LogP contribution in [0.1, 0.15) is 58.8 Å². The fraction of sp³-hybridized carbons (Fsp3) is 0.421. The first-order chi connectivity index (χ1) is 10.8. The van der Waals surface area contributed by atoms with Gasteiger partial charge in [-0.3, -0.25) is 0 Å². The van der Waals surface area contributed by atoms with Crippen molar-refractivity contribution in [3.63, 3.8) is 0 Å². The lowest BCUT2D eigenvalue weighted by Gasteiger charge is -2.35. The summed E-state index contributed by atoms with van der Waals surface area (Å²) in [5.41, 5.74) is 4.89. The van der Waals surface area contributed by atoms with E-state index in [9.17, 15) is 4.79 Å². The number of ether oxygens (including phenoxy) is 1. The number of rotatable bonds is 3. The van der Waals surface area contributed by atoms with Crippen LogP contribution in [0.5, 0.6) is 5.75 Å². The van der Waals surface area contributed by atoms with Crippen molar-refractivity contribution in [3.8, 4) is 5.75 Å². The first-order valence-corrected chi connectivity index (χ1v) is 7.88. The van der Waals surface area contributed by atoms with Crippen molar-refractivity contribution in [2.45, 2.75) is 46.0 Å². The number of carboxylic acids is 1. The zero-order valence-corrected chi connectivity index (χ0v) is 14.0. The van der Waals surface area contributed by atoms with Gasteiger partial charge in [-0.2, -0.15) is 0 Å². The highest BCUT2D eigenvalue weighted by Gasteiger charge is 2.32. The van der Waals surface area contributed by atoms with Gasteiger partial charge < -0.3 is 14.3 Å². The molecule has 4 nitrogen and oxygen atoms in total. The molecule has 0 bridgehead atoms. The van der Waals surface area contributed by atoms with Crippen LogP contribution in [0, 0.1) is 13.8 Å². The average Bonchev–Trinajstić information content (AvgIpc) is 2.91. The molecule has 0 radical (unpaired) electrons. The van der Waals surface area contributed by atoms with E-state index in [2.05, 4.69) is 33.8 Å². The Morgan fingerprint density at radius 1 is 1.30 bits per heavy atom. The molecule has 4 heteroatoms. The van der Waals surface area contributed by atoms with Gasteiger partial charge in [0.05, 0.1) is 6.61 Å². The Labute approximate surface area is 136 Å². The van der Waals surface area contributed by atoms with Crippen molar-refractivity contribution >= 4 is 5.97 Å². The molecule has 0 saturated heterocycles. The van der Waals surface area contributed by atoms with Gasteiger partial charge in [-0.1, -0.05) is 13.8 Å². The summed E-state index contributed by atoms with van der Waals surface area (Å²) in [6.45, 7) is 9.43. The molecule has 0 spiro atoms. The van der Waals surface area contributed by atoms with Crippen molar-refractivity contribution in [3.05, 3.63) is 52.0 Å². The Balaban J connectivity index is 2.04. The molecule has 2 heterocycles. The van der Waals surface area contributed by atoms with Gasteiger partial charge in [0.1, 0.15) is 11.5 Å². The second-order valence-electron chi connectivity index (χ2n) is 6.90. The van der Waals surface area contributed by atoms with Gasteiger partial charge >= 0.3 is 5.97 Å². The number of aryl methyl sites for hydroxylation is 1. The summed E-state index contributed by atoms with van der Waals surface area (Å²) in [6, 6.07) is 5.34. The number of benzene rings is 1. The standard InChI is InChI=1S/C19H22O4/c1-11-9-16-17(19(3,4)7-8-22-16)12(2)14(11)10-13-5-6-15(23-13)18(20)21/h5-6,9H,7-8,10H2,1-4H3,(H,20,21). The van der Waals surface area contributed by atoms with E-state index in [1.54, 1.807) is 6.07 Å². The highest BCUT2D eigenvalue weighted by molar-refractivity contribution is 5.84. The van der Waals surface area contributed by atoms with Gasteiger partial charge in [0.15, 0.2) is 0 Å². The van der Waals surface area contributed by atoms with Gasteiger partial charge in [0, 0.05) is 12.0 Å². The molecule has 2 aromatic rings. The highest BCUT2D eigenvalue weighted by atomic mass is 16.5. The van der Waals surface area contributed by atoms with E-state index in [4.69, 9.17) is 14.3 Å². The van der Waals surface area contributed by atoms with Crippen molar-refractivity contribution in [2.24, 2.45) is 0 Å². The van der Waals surface area contributed by atoms with Crippen LogP contribution >= 0.6 is 0 Å². The predicted molar refractivity (Wildman–Crippen MR) is 87.5 cm³/mol.